The van der Waals surface area contributed by atoms with Crippen molar-refractivity contribution in [3.63, 3.8) is 0 Å². The van der Waals surface area contributed by atoms with Crippen molar-refractivity contribution in [3.05, 3.63) is 63.6 Å². The van der Waals surface area contributed by atoms with E-state index < -0.39 is 11.6 Å². The molecule has 0 aliphatic heterocycles. The Balaban J connectivity index is 2.25. The summed E-state index contributed by atoms with van der Waals surface area (Å²) in [6, 6.07) is 9.29. The molecule has 1 unspecified atom stereocenters. The molecule has 0 spiro atoms. The van der Waals surface area contributed by atoms with Gasteiger partial charge in [-0.05, 0) is 58.7 Å². The van der Waals surface area contributed by atoms with E-state index in [0.29, 0.717) is 12.0 Å². The maximum atomic E-state index is 13.8. The van der Waals surface area contributed by atoms with Crippen molar-refractivity contribution in [2.45, 2.75) is 12.5 Å². The van der Waals surface area contributed by atoms with E-state index >= 15 is 0 Å². The van der Waals surface area contributed by atoms with Crippen LogP contribution >= 0.6 is 15.9 Å². The summed E-state index contributed by atoms with van der Waals surface area (Å²) in [7, 11) is 3.41. The Labute approximate surface area is 131 Å². The molecule has 0 saturated heterocycles. The van der Waals surface area contributed by atoms with Gasteiger partial charge in [-0.1, -0.05) is 12.1 Å². The minimum Gasteiger partial charge on any atom is -0.496 e. The van der Waals surface area contributed by atoms with Gasteiger partial charge in [-0.15, -0.1) is 0 Å². The second-order valence-corrected chi connectivity index (χ2v) is 5.53. The molecule has 2 rings (SSSR count). The van der Waals surface area contributed by atoms with E-state index in [1.54, 1.807) is 7.11 Å². The number of likely N-dealkylation sites (N-methyl/N-ethyl adjacent to an activating group) is 1. The summed E-state index contributed by atoms with van der Waals surface area (Å²) < 4.78 is 32.7. The van der Waals surface area contributed by atoms with Crippen LogP contribution in [-0.2, 0) is 6.42 Å². The maximum Gasteiger partial charge on any atom is 0.133 e. The highest BCUT2D eigenvalue weighted by Gasteiger charge is 2.15. The molecule has 1 N–H and O–H groups in total. The number of hydrogen-bond donors (Lipinski definition) is 1. The summed E-state index contributed by atoms with van der Waals surface area (Å²) in [5.74, 6) is -0.353. The third kappa shape index (κ3) is 3.80. The number of halogens is 3. The van der Waals surface area contributed by atoms with Crippen LogP contribution in [0.4, 0.5) is 8.78 Å². The van der Waals surface area contributed by atoms with E-state index in [2.05, 4.69) is 21.2 Å². The Morgan fingerprint density at radius 3 is 2.52 bits per heavy atom. The third-order valence-electron chi connectivity index (χ3n) is 3.37. The normalized spacial score (nSPS) is 12.2. The Hall–Kier alpha value is -1.46. The molecule has 0 saturated carbocycles. The molecule has 0 radical (unpaired) electrons. The van der Waals surface area contributed by atoms with Gasteiger partial charge in [-0.2, -0.15) is 0 Å². The van der Waals surface area contributed by atoms with Gasteiger partial charge in [0, 0.05) is 12.1 Å². The Kier molecular flexibility index (Phi) is 5.31. The average Bonchev–Trinajstić information content (AvgIpc) is 2.46. The lowest BCUT2D eigenvalue weighted by Gasteiger charge is -2.18. The largest absolute Gasteiger partial charge is 0.496 e. The molecule has 0 aliphatic carbocycles. The highest BCUT2D eigenvalue weighted by atomic mass is 79.9. The third-order valence-corrected chi connectivity index (χ3v) is 3.99. The highest BCUT2D eigenvalue weighted by molar-refractivity contribution is 9.10. The second kappa shape index (κ2) is 7.00. The van der Waals surface area contributed by atoms with Crippen LogP contribution in [0.5, 0.6) is 5.75 Å². The molecule has 0 aromatic heterocycles. The molecular formula is C16H16BrF2NO. The number of hydrogen-bond acceptors (Lipinski definition) is 2. The topological polar surface area (TPSA) is 21.3 Å². The van der Waals surface area contributed by atoms with Gasteiger partial charge in [0.2, 0.25) is 0 Å². The van der Waals surface area contributed by atoms with Crippen LogP contribution in [0, 0.1) is 11.6 Å². The fourth-order valence-corrected chi connectivity index (χ4v) is 2.75. The quantitative estimate of drug-likeness (QED) is 0.865. The molecule has 1 atom stereocenters. The Morgan fingerprint density at radius 2 is 1.95 bits per heavy atom. The molecule has 2 nitrogen and oxygen atoms in total. The van der Waals surface area contributed by atoms with Gasteiger partial charge in [-0.3, -0.25) is 0 Å². The summed E-state index contributed by atoms with van der Waals surface area (Å²) in [6.07, 6.45) is 0.432. The van der Waals surface area contributed by atoms with Gasteiger partial charge in [0.25, 0.3) is 0 Å². The molecule has 21 heavy (non-hydrogen) atoms. The molecule has 5 heteroatoms. The lowest BCUT2D eigenvalue weighted by molar-refractivity contribution is 0.411. The molecule has 0 fully saturated rings. The SMILES string of the molecule is CNC(Cc1ccc(F)cc1F)c1ccc(OC)c(Br)c1. The summed E-state index contributed by atoms with van der Waals surface area (Å²) in [5.41, 5.74) is 1.47. The van der Waals surface area contributed by atoms with Gasteiger partial charge >= 0.3 is 0 Å². The van der Waals surface area contributed by atoms with Crippen molar-refractivity contribution in [2.24, 2.45) is 0 Å². The lowest BCUT2D eigenvalue weighted by Crippen LogP contribution is -2.19. The van der Waals surface area contributed by atoms with Crippen LogP contribution in [0.15, 0.2) is 40.9 Å². The monoisotopic (exact) mass is 355 g/mol. The minimum atomic E-state index is -0.565. The van der Waals surface area contributed by atoms with Gasteiger partial charge < -0.3 is 10.1 Å². The van der Waals surface area contributed by atoms with E-state index in [4.69, 9.17) is 4.74 Å². The van der Waals surface area contributed by atoms with Crippen molar-refractivity contribution in [2.75, 3.05) is 14.2 Å². The predicted molar refractivity (Wildman–Crippen MR) is 82.6 cm³/mol. The second-order valence-electron chi connectivity index (χ2n) is 4.68. The minimum absolute atomic E-state index is 0.0767. The van der Waals surface area contributed by atoms with E-state index in [1.807, 2.05) is 25.2 Å². The Bertz CT molecular complexity index is 634. The first kappa shape index (κ1) is 15.9. The summed E-state index contributed by atoms with van der Waals surface area (Å²) >= 11 is 3.44. The molecular weight excluding hydrogens is 340 g/mol. The molecule has 0 bridgehead atoms. The summed E-state index contributed by atoms with van der Waals surface area (Å²) in [4.78, 5) is 0. The number of benzene rings is 2. The van der Waals surface area contributed by atoms with Crippen molar-refractivity contribution in [3.8, 4) is 5.75 Å². The summed E-state index contributed by atoms with van der Waals surface area (Å²) in [6.45, 7) is 0. The number of nitrogens with one attached hydrogen (secondary N) is 1. The first-order chi connectivity index (χ1) is 10.0. The molecule has 0 amide bonds. The molecule has 112 valence electrons. The zero-order chi connectivity index (χ0) is 15.4. The van der Waals surface area contributed by atoms with Gasteiger partial charge in [-0.25, -0.2) is 8.78 Å². The van der Waals surface area contributed by atoms with Crippen LogP contribution in [0.3, 0.4) is 0 Å². The zero-order valence-corrected chi connectivity index (χ0v) is 13.4. The summed E-state index contributed by atoms with van der Waals surface area (Å²) in [5, 5.41) is 3.15. The zero-order valence-electron chi connectivity index (χ0n) is 11.8. The number of rotatable bonds is 5. The van der Waals surface area contributed by atoms with Gasteiger partial charge in [0.05, 0.1) is 11.6 Å². The van der Waals surface area contributed by atoms with Crippen molar-refractivity contribution in [1.29, 1.82) is 0 Å². The van der Waals surface area contributed by atoms with E-state index in [-0.39, 0.29) is 6.04 Å². The van der Waals surface area contributed by atoms with Crippen LogP contribution < -0.4 is 10.1 Å². The molecule has 0 heterocycles. The van der Waals surface area contributed by atoms with Crippen LogP contribution in [0.2, 0.25) is 0 Å². The molecule has 2 aromatic carbocycles. The van der Waals surface area contributed by atoms with E-state index in [0.717, 1.165) is 21.9 Å². The standard InChI is InChI=1S/C16H16BrF2NO/c1-20-15(8-10-3-5-12(18)9-14(10)19)11-4-6-16(21-2)13(17)7-11/h3-7,9,15,20H,8H2,1-2H3. The molecule has 2 aromatic rings. The average molecular weight is 356 g/mol. The van der Waals surface area contributed by atoms with Gasteiger partial charge in [0.1, 0.15) is 17.4 Å². The fourth-order valence-electron chi connectivity index (χ4n) is 2.19. The number of ether oxygens (including phenoxy) is 1. The van der Waals surface area contributed by atoms with Crippen LogP contribution in [-0.4, -0.2) is 14.2 Å². The fraction of sp³-hybridized carbons (Fsp3) is 0.250. The van der Waals surface area contributed by atoms with Crippen LogP contribution in [0.25, 0.3) is 0 Å². The number of methoxy groups -OCH3 is 1. The first-order valence-corrected chi connectivity index (χ1v) is 7.29. The Morgan fingerprint density at radius 1 is 1.19 bits per heavy atom. The lowest BCUT2D eigenvalue weighted by atomic mass is 9.98. The van der Waals surface area contributed by atoms with E-state index in [9.17, 15) is 8.78 Å². The molecule has 0 aliphatic rings. The van der Waals surface area contributed by atoms with Gasteiger partial charge in [0.15, 0.2) is 0 Å². The van der Waals surface area contributed by atoms with E-state index in [1.165, 1.54) is 12.1 Å². The van der Waals surface area contributed by atoms with Crippen LogP contribution in [0.1, 0.15) is 17.2 Å². The van der Waals surface area contributed by atoms with Crippen molar-refractivity contribution >= 4 is 15.9 Å². The first-order valence-electron chi connectivity index (χ1n) is 6.49. The smallest absolute Gasteiger partial charge is 0.133 e. The van der Waals surface area contributed by atoms with Crippen molar-refractivity contribution in [1.82, 2.24) is 5.32 Å². The predicted octanol–water partition coefficient (Wildman–Crippen LogP) is 4.24. The maximum absolute atomic E-state index is 13.8. The highest BCUT2D eigenvalue weighted by Crippen LogP contribution is 2.29. The van der Waals surface area contributed by atoms with Crippen molar-refractivity contribution < 1.29 is 13.5 Å².